The summed E-state index contributed by atoms with van der Waals surface area (Å²) in [6.45, 7) is 4.08. The van der Waals surface area contributed by atoms with Gasteiger partial charge in [0.05, 0.1) is 6.10 Å². The number of ether oxygens (including phenoxy) is 1. The molecule has 0 aliphatic heterocycles. The molecule has 100 valence electrons. The van der Waals surface area contributed by atoms with Gasteiger partial charge < -0.3 is 9.84 Å². The number of benzene rings is 2. The van der Waals surface area contributed by atoms with Crippen LogP contribution in [-0.4, -0.2) is 5.11 Å². The summed E-state index contributed by atoms with van der Waals surface area (Å²) in [7, 11) is 0. The van der Waals surface area contributed by atoms with Crippen LogP contribution in [-0.2, 0) is 6.42 Å². The third kappa shape index (κ3) is 3.36. The van der Waals surface area contributed by atoms with Crippen LogP contribution in [0.5, 0.6) is 11.5 Å². The van der Waals surface area contributed by atoms with Gasteiger partial charge in [-0.3, -0.25) is 0 Å². The highest BCUT2D eigenvalue weighted by atomic mass is 16.5. The molecule has 2 heteroatoms. The molecule has 2 rings (SSSR count). The molecule has 0 aliphatic carbocycles. The van der Waals surface area contributed by atoms with Crippen LogP contribution in [0.3, 0.4) is 0 Å². The van der Waals surface area contributed by atoms with E-state index in [4.69, 9.17) is 4.74 Å². The summed E-state index contributed by atoms with van der Waals surface area (Å²) in [5, 5.41) is 9.99. The van der Waals surface area contributed by atoms with E-state index < -0.39 is 6.10 Å². The molecular formula is C17H20O2. The third-order valence-corrected chi connectivity index (χ3v) is 3.22. The minimum absolute atomic E-state index is 0.480. The Labute approximate surface area is 114 Å². The van der Waals surface area contributed by atoms with Crippen molar-refractivity contribution in [2.24, 2.45) is 0 Å². The highest BCUT2D eigenvalue weighted by Gasteiger charge is 2.11. The van der Waals surface area contributed by atoms with E-state index in [0.717, 1.165) is 23.5 Å². The monoisotopic (exact) mass is 256 g/mol. The topological polar surface area (TPSA) is 29.5 Å². The maximum Gasteiger partial charge on any atom is 0.133 e. The number of aliphatic hydroxyl groups excluding tert-OH is 1. The smallest absolute Gasteiger partial charge is 0.133 e. The van der Waals surface area contributed by atoms with Gasteiger partial charge >= 0.3 is 0 Å². The van der Waals surface area contributed by atoms with Crippen LogP contribution < -0.4 is 4.74 Å². The van der Waals surface area contributed by atoms with Gasteiger partial charge in [0.25, 0.3) is 0 Å². The summed E-state index contributed by atoms with van der Waals surface area (Å²) in [5.41, 5.74) is 2.12. The van der Waals surface area contributed by atoms with Crippen LogP contribution in [0.15, 0.2) is 48.5 Å². The largest absolute Gasteiger partial charge is 0.457 e. The van der Waals surface area contributed by atoms with Gasteiger partial charge in [0.1, 0.15) is 11.5 Å². The van der Waals surface area contributed by atoms with Crippen molar-refractivity contribution in [3.05, 3.63) is 59.7 Å². The number of rotatable bonds is 5. The van der Waals surface area contributed by atoms with Crippen LogP contribution in [0.4, 0.5) is 0 Å². The lowest BCUT2D eigenvalue weighted by Crippen LogP contribution is -1.98. The number of aliphatic hydroxyl groups is 1. The Morgan fingerprint density at radius 3 is 2.32 bits per heavy atom. The Balaban J connectivity index is 2.22. The lowest BCUT2D eigenvalue weighted by atomic mass is 10.1. The summed E-state index contributed by atoms with van der Waals surface area (Å²) in [6, 6.07) is 15.7. The molecule has 2 nitrogen and oxygen atoms in total. The standard InChI is InChI=1S/C17H20O2/c1-3-13-9-11-14(12-10-13)19-17-8-6-5-7-15(17)16(18)4-2/h5-12,16,18H,3-4H2,1-2H3/t16-/m0/s1. The van der Waals surface area contributed by atoms with Gasteiger partial charge in [0.15, 0.2) is 0 Å². The molecule has 0 saturated carbocycles. The first-order chi connectivity index (χ1) is 9.24. The molecule has 0 bridgehead atoms. The predicted octanol–water partition coefficient (Wildman–Crippen LogP) is 4.48. The van der Waals surface area contributed by atoms with E-state index in [2.05, 4.69) is 19.1 Å². The van der Waals surface area contributed by atoms with E-state index >= 15 is 0 Å². The first-order valence-corrected chi connectivity index (χ1v) is 6.78. The van der Waals surface area contributed by atoms with E-state index in [9.17, 15) is 5.11 Å². The molecule has 0 aromatic heterocycles. The van der Waals surface area contributed by atoms with Crippen LogP contribution >= 0.6 is 0 Å². The van der Waals surface area contributed by atoms with Crippen molar-refractivity contribution in [1.29, 1.82) is 0 Å². The Kier molecular flexibility index (Phi) is 4.58. The summed E-state index contributed by atoms with van der Waals surface area (Å²) in [6.07, 6.45) is 1.21. The summed E-state index contributed by atoms with van der Waals surface area (Å²) < 4.78 is 5.87. The van der Waals surface area contributed by atoms with E-state index in [1.807, 2.05) is 43.3 Å². The van der Waals surface area contributed by atoms with E-state index in [0.29, 0.717) is 6.42 Å². The average molecular weight is 256 g/mol. The van der Waals surface area contributed by atoms with Crippen molar-refractivity contribution >= 4 is 0 Å². The molecular weight excluding hydrogens is 236 g/mol. The fourth-order valence-electron chi connectivity index (χ4n) is 1.99. The molecule has 0 fully saturated rings. The highest BCUT2D eigenvalue weighted by Crippen LogP contribution is 2.30. The fourth-order valence-corrected chi connectivity index (χ4v) is 1.99. The SMILES string of the molecule is CCc1ccc(Oc2ccccc2[C@@H](O)CC)cc1. The second-order valence-corrected chi connectivity index (χ2v) is 4.56. The van der Waals surface area contributed by atoms with Crippen molar-refractivity contribution in [2.75, 3.05) is 0 Å². The Hall–Kier alpha value is -1.80. The fraction of sp³-hybridized carbons (Fsp3) is 0.294. The zero-order chi connectivity index (χ0) is 13.7. The van der Waals surface area contributed by atoms with Gasteiger partial charge in [-0.1, -0.05) is 44.2 Å². The maximum absolute atomic E-state index is 9.99. The van der Waals surface area contributed by atoms with Gasteiger partial charge in [-0.05, 0) is 36.6 Å². The van der Waals surface area contributed by atoms with Gasteiger partial charge in [0, 0.05) is 5.56 Å². The molecule has 19 heavy (non-hydrogen) atoms. The summed E-state index contributed by atoms with van der Waals surface area (Å²) >= 11 is 0. The molecule has 2 aromatic rings. The van der Waals surface area contributed by atoms with Gasteiger partial charge in [-0.2, -0.15) is 0 Å². The van der Waals surface area contributed by atoms with Gasteiger partial charge in [-0.25, -0.2) is 0 Å². The van der Waals surface area contributed by atoms with E-state index in [1.54, 1.807) is 0 Å². The average Bonchev–Trinajstić information content (AvgIpc) is 2.48. The van der Waals surface area contributed by atoms with Crippen LogP contribution in [0.1, 0.15) is 37.5 Å². The molecule has 0 radical (unpaired) electrons. The Bertz CT molecular complexity index is 517. The number of hydrogen-bond donors (Lipinski definition) is 1. The third-order valence-electron chi connectivity index (χ3n) is 3.22. The molecule has 0 saturated heterocycles. The first kappa shape index (κ1) is 13.6. The molecule has 0 unspecified atom stereocenters. The highest BCUT2D eigenvalue weighted by molar-refractivity contribution is 5.39. The quantitative estimate of drug-likeness (QED) is 0.854. The van der Waals surface area contributed by atoms with E-state index in [1.165, 1.54) is 5.56 Å². The van der Waals surface area contributed by atoms with Gasteiger partial charge in [0.2, 0.25) is 0 Å². The van der Waals surface area contributed by atoms with Crippen LogP contribution in [0, 0.1) is 0 Å². The number of hydrogen-bond acceptors (Lipinski definition) is 2. The maximum atomic E-state index is 9.99. The molecule has 0 spiro atoms. The Morgan fingerprint density at radius 2 is 1.68 bits per heavy atom. The molecule has 2 aromatic carbocycles. The zero-order valence-corrected chi connectivity index (χ0v) is 11.5. The van der Waals surface area contributed by atoms with Gasteiger partial charge in [-0.15, -0.1) is 0 Å². The first-order valence-electron chi connectivity index (χ1n) is 6.78. The van der Waals surface area contributed by atoms with Crippen LogP contribution in [0.25, 0.3) is 0 Å². The van der Waals surface area contributed by atoms with Crippen LogP contribution in [0.2, 0.25) is 0 Å². The summed E-state index contributed by atoms with van der Waals surface area (Å²) in [5.74, 6) is 1.52. The van der Waals surface area contributed by atoms with Crippen molar-refractivity contribution in [3.8, 4) is 11.5 Å². The second-order valence-electron chi connectivity index (χ2n) is 4.56. The zero-order valence-electron chi connectivity index (χ0n) is 11.5. The minimum Gasteiger partial charge on any atom is -0.457 e. The Morgan fingerprint density at radius 1 is 1.00 bits per heavy atom. The number of aryl methyl sites for hydroxylation is 1. The van der Waals surface area contributed by atoms with Crippen molar-refractivity contribution in [3.63, 3.8) is 0 Å². The van der Waals surface area contributed by atoms with Crippen molar-refractivity contribution in [1.82, 2.24) is 0 Å². The lowest BCUT2D eigenvalue weighted by Gasteiger charge is -2.14. The van der Waals surface area contributed by atoms with E-state index in [-0.39, 0.29) is 0 Å². The minimum atomic E-state index is -0.480. The van der Waals surface area contributed by atoms with Crippen molar-refractivity contribution < 1.29 is 9.84 Å². The summed E-state index contributed by atoms with van der Waals surface area (Å²) in [4.78, 5) is 0. The van der Waals surface area contributed by atoms with Crippen molar-refractivity contribution in [2.45, 2.75) is 32.8 Å². The second kappa shape index (κ2) is 6.39. The predicted molar refractivity (Wildman–Crippen MR) is 77.6 cm³/mol. The molecule has 0 aliphatic rings. The molecule has 1 N–H and O–H groups in total. The lowest BCUT2D eigenvalue weighted by molar-refractivity contribution is 0.170. The molecule has 1 atom stereocenters. The normalized spacial score (nSPS) is 12.2. The molecule has 0 heterocycles. The number of para-hydroxylation sites is 1. The molecule has 0 amide bonds.